The number of hydrogen-bond acceptors (Lipinski definition) is 7. The zero-order valence-electron chi connectivity index (χ0n) is 27.4. The number of aromatic nitrogens is 5. The van der Waals surface area contributed by atoms with Crippen LogP contribution in [0.5, 0.6) is 5.88 Å². The summed E-state index contributed by atoms with van der Waals surface area (Å²) >= 11 is 7.03. The van der Waals surface area contributed by atoms with Gasteiger partial charge in [0.1, 0.15) is 12.1 Å². The van der Waals surface area contributed by atoms with Crippen molar-refractivity contribution in [3.63, 3.8) is 0 Å². The van der Waals surface area contributed by atoms with E-state index in [0.717, 1.165) is 41.4 Å². The van der Waals surface area contributed by atoms with Gasteiger partial charge in [0.2, 0.25) is 5.88 Å². The number of amides is 1. The summed E-state index contributed by atoms with van der Waals surface area (Å²) in [6.07, 6.45) is 6.74. The van der Waals surface area contributed by atoms with E-state index in [9.17, 15) is 10.1 Å². The topological polar surface area (TPSA) is 116 Å². The molecule has 1 N–H and O–H groups in total. The standard InChI is InChI=1S/C36H36ClFN8O2/c1-5-7-30(47)45-13-10-23(15-22(45)9-11-39)46-35-25-16-28(37)32(31-21(3)20(2)14-29-26(31)17-40-43-29)33(38)34(25)42-36(27(35)18-41-46)48-19-24-8-6-12-44(24)4/h14,16-18,22-24H,6,8-10,12-13,15,19H2,1-4H3,(H,40,43)/t22-,23+,24+/m1/s1. The molecule has 246 valence electrons. The van der Waals surface area contributed by atoms with E-state index in [2.05, 4.69) is 40.1 Å². The largest absolute Gasteiger partial charge is 0.475 e. The van der Waals surface area contributed by atoms with E-state index in [1.165, 1.54) is 0 Å². The molecule has 2 aliphatic heterocycles. The highest BCUT2D eigenvalue weighted by molar-refractivity contribution is 6.35. The van der Waals surface area contributed by atoms with Crippen molar-refractivity contribution in [2.45, 2.75) is 71.0 Å². The molecule has 0 radical (unpaired) electrons. The first-order chi connectivity index (χ1) is 23.2. The number of carbonyl (C=O) groups excluding carboxylic acids is 1. The highest BCUT2D eigenvalue weighted by Crippen LogP contribution is 2.44. The van der Waals surface area contributed by atoms with E-state index >= 15 is 4.39 Å². The molecule has 0 unspecified atom stereocenters. The van der Waals surface area contributed by atoms with Crippen molar-refractivity contribution in [2.24, 2.45) is 0 Å². The number of ether oxygens (including phenoxy) is 1. The molecule has 1 amide bonds. The zero-order chi connectivity index (χ0) is 33.7. The number of likely N-dealkylation sites (N-methyl/N-ethyl adjacent to an activating group) is 1. The van der Waals surface area contributed by atoms with Crippen LogP contribution in [0.4, 0.5) is 4.39 Å². The number of aryl methyl sites for hydroxylation is 1. The number of carbonyl (C=O) groups is 1. The van der Waals surface area contributed by atoms with Crippen molar-refractivity contribution >= 4 is 50.2 Å². The van der Waals surface area contributed by atoms with Crippen LogP contribution in [0.2, 0.25) is 5.02 Å². The Balaban J connectivity index is 1.41. The Morgan fingerprint density at radius 3 is 2.73 bits per heavy atom. The SMILES string of the molecule is CC#CC(=O)N1CC[C@H](n2ncc3c(OC[C@@H]4CCCN4C)nc4c(F)c(-c5c(C)c(C)cc6[nH]ncc56)c(Cl)cc4c32)C[C@H]1CC#N. The number of likely N-dealkylation sites (tertiary alicyclic amines) is 2. The number of pyridine rings is 1. The van der Waals surface area contributed by atoms with Gasteiger partial charge in [0.25, 0.3) is 5.91 Å². The van der Waals surface area contributed by atoms with Gasteiger partial charge in [-0.2, -0.15) is 15.5 Å². The zero-order valence-corrected chi connectivity index (χ0v) is 28.2. The molecule has 0 spiro atoms. The maximum absolute atomic E-state index is 17.2. The molecule has 2 saturated heterocycles. The molecule has 5 aromatic rings. The Morgan fingerprint density at radius 1 is 1.15 bits per heavy atom. The van der Waals surface area contributed by atoms with E-state index in [1.54, 1.807) is 30.3 Å². The third-order valence-corrected chi connectivity index (χ3v) is 10.4. The second-order valence-corrected chi connectivity index (χ2v) is 13.3. The van der Waals surface area contributed by atoms with Crippen molar-refractivity contribution in [3.8, 4) is 34.9 Å². The summed E-state index contributed by atoms with van der Waals surface area (Å²) in [5.41, 5.74) is 4.38. The minimum Gasteiger partial charge on any atom is -0.475 e. The molecule has 2 fully saturated rings. The second kappa shape index (κ2) is 12.7. The number of nitrogens with one attached hydrogen (secondary N) is 1. The van der Waals surface area contributed by atoms with Crippen LogP contribution in [0.1, 0.15) is 56.2 Å². The van der Waals surface area contributed by atoms with E-state index in [4.69, 9.17) is 26.4 Å². The van der Waals surface area contributed by atoms with Gasteiger partial charge in [-0.05, 0) is 89.2 Å². The molecule has 48 heavy (non-hydrogen) atoms. The molecule has 3 aromatic heterocycles. The molecule has 2 aromatic carbocycles. The van der Waals surface area contributed by atoms with Crippen molar-refractivity contribution in [1.29, 1.82) is 5.26 Å². The van der Waals surface area contributed by atoms with Gasteiger partial charge in [-0.25, -0.2) is 9.37 Å². The van der Waals surface area contributed by atoms with Gasteiger partial charge >= 0.3 is 0 Å². The highest BCUT2D eigenvalue weighted by Gasteiger charge is 2.34. The fraction of sp³-hybridized carbons (Fsp3) is 0.417. The van der Waals surface area contributed by atoms with Crippen LogP contribution in [0.15, 0.2) is 24.5 Å². The Labute approximate surface area is 282 Å². The summed E-state index contributed by atoms with van der Waals surface area (Å²) in [6.45, 7) is 7.38. The van der Waals surface area contributed by atoms with Gasteiger partial charge in [-0.1, -0.05) is 17.5 Å². The molecule has 7 rings (SSSR count). The van der Waals surface area contributed by atoms with E-state index in [1.807, 2.05) is 24.6 Å². The van der Waals surface area contributed by atoms with Gasteiger partial charge in [-0.3, -0.25) is 14.6 Å². The lowest BCUT2D eigenvalue weighted by Gasteiger charge is -2.37. The van der Waals surface area contributed by atoms with Gasteiger partial charge < -0.3 is 14.5 Å². The normalized spacial score (nSPS) is 19.9. The first-order valence-corrected chi connectivity index (χ1v) is 16.7. The first-order valence-electron chi connectivity index (χ1n) is 16.3. The molecule has 0 bridgehead atoms. The molecule has 0 aliphatic carbocycles. The number of benzene rings is 2. The maximum atomic E-state index is 17.2. The summed E-state index contributed by atoms with van der Waals surface area (Å²) in [5.74, 6) is 4.76. The average Bonchev–Trinajstić information content (AvgIpc) is 3.82. The molecular formula is C36H36ClFN8O2. The summed E-state index contributed by atoms with van der Waals surface area (Å²) in [4.78, 5) is 21.6. The van der Waals surface area contributed by atoms with Gasteiger partial charge in [0, 0.05) is 40.5 Å². The van der Waals surface area contributed by atoms with Gasteiger partial charge in [-0.15, -0.1) is 0 Å². The molecule has 5 heterocycles. The quantitative estimate of drug-likeness (QED) is 0.206. The second-order valence-electron chi connectivity index (χ2n) is 12.9. The fourth-order valence-corrected chi connectivity index (χ4v) is 7.76. The number of rotatable bonds is 6. The van der Waals surface area contributed by atoms with E-state index < -0.39 is 5.82 Å². The fourth-order valence-electron chi connectivity index (χ4n) is 7.48. The maximum Gasteiger partial charge on any atom is 0.298 e. The molecule has 10 nitrogen and oxygen atoms in total. The van der Waals surface area contributed by atoms with Crippen molar-refractivity contribution in [2.75, 3.05) is 26.7 Å². The summed E-state index contributed by atoms with van der Waals surface area (Å²) in [5, 5.41) is 23.8. The number of nitrogens with zero attached hydrogens (tertiary/aromatic N) is 7. The lowest BCUT2D eigenvalue weighted by atomic mass is 9.92. The van der Waals surface area contributed by atoms with Crippen molar-refractivity contribution < 1.29 is 13.9 Å². The predicted octanol–water partition coefficient (Wildman–Crippen LogP) is 6.48. The van der Waals surface area contributed by atoms with Crippen molar-refractivity contribution in [1.82, 2.24) is 34.8 Å². The molecular weight excluding hydrogens is 631 g/mol. The molecule has 12 heteroatoms. The first kappa shape index (κ1) is 31.9. The van der Waals surface area contributed by atoms with Gasteiger partial charge in [0.15, 0.2) is 5.82 Å². The Bertz CT molecular complexity index is 2190. The number of halogens is 2. The van der Waals surface area contributed by atoms with Crippen LogP contribution in [-0.4, -0.2) is 79.5 Å². The van der Waals surface area contributed by atoms with Gasteiger partial charge in [0.05, 0.1) is 52.4 Å². The number of H-pyrrole nitrogens is 1. The number of nitriles is 1. The van der Waals surface area contributed by atoms with Crippen LogP contribution >= 0.6 is 11.6 Å². The Hall–Kier alpha value is -4.71. The number of hydrogen-bond donors (Lipinski definition) is 1. The third kappa shape index (κ3) is 5.32. The van der Waals surface area contributed by atoms with Crippen LogP contribution in [0.3, 0.4) is 0 Å². The summed E-state index contributed by atoms with van der Waals surface area (Å²) in [6, 6.07) is 5.71. The monoisotopic (exact) mass is 666 g/mol. The Kier molecular flexibility index (Phi) is 8.44. The lowest BCUT2D eigenvalue weighted by Crippen LogP contribution is -2.46. The molecule has 0 saturated carbocycles. The van der Waals surface area contributed by atoms with Crippen molar-refractivity contribution in [3.05, 3.63) is 46.5 Å². The van der Waals surface area contributed by atoms with Crippen LogP contribution < -0.4 is 4.74 Å². The average molecular weight is 667 g/mol. The number of aromatic amines is 1. The lowest BCUT2D eigenvalue weighted by molar-refractivity contribution is -0.129. The summed E-state index contributed by atoms with van der Waals surface area (Å²) < 4.78 is 25.5. The number of piperidine rings is 1. The van der Waals surface area contributed by atoms with Crippen LogP contribution in [0.25, 0.3) is 43.8 Å². The Morgan fingerprint density at radius 2 is 1.98 bits per heavy atom. The summed E-state index contributed by atoms with van der Waals surface area (Å²) in [7, 11) is 2.08. The van der Waals surface area contributed by atoms with Crippen LogP contribution in [0, 0.1) is 42.8 Å². The highest BCUT2D eigenvalue weighted by atomic mass is 35.5. The minimum atomic E-state index is -0.549. The molecule has 3 atom stereocenters. The predicted molar refractivity (Wildman–Crippen MR) is 183 cm³/mol. The molecule has 2 aliphatic rings. The van der Waals surface area contributed by atoms with Crippen LogP contribution in [-0.2, 0) is 4.79 Å². The minimum absolute atomic E-state index is 0.135. The number of fused-ring (bicyclic) bond motifs is 4. The van der Waals surface area contributed by atoms with E-state index in [-0.39, 0.29) is 46.6 Å². The third-order valence-electron chi connectivity index (χ3n) is 10.1. The van der Waals surface area contributed by atoms with E-state index in [0.29, 0.717) is 53.7 Å². The smallest absolute Gasteiger partial charge is 0.298 e.